The molecule has 3 rings (SSSR count). The van der Waals surface area contributed by atoms with Gasteiger partial charge in [-0.25, -0.2) is 4.79 Å². The summed E-state index contributed by atoms with van der Waals surface area (Å²) in [6, 6.07) is 7.45. The first kappa shape index (κ1) is 18.8. The van der Waals surface area contributed by atoms with Crippen molar-refractivity contribution >= 4 is 11.9 Å². The maximum atomic E-state index is 12.9. The lowest BCUT2D eigenvalue weighted by Gasteiger charge is -2.29. The molecule has 144 valence electrons. The number of aryl methyl sites for hydroxylation is 1. The number of aromatic amines is 1. The Morgan fingerprint density at radius 3 is 2.67 bits per heavy atom. The highest BCUT2D eigenvalue weighted by molar-refractivity contribution is 6.00. The lowest BCUT2D eigenvalue weighted by Crippen LogP contribution is -2.42. The van der Waals surface area contributed by atoms with Gasteiger partial charge in [-0.2, -0.15) is 0 Å². The summed E-state index contributed by atoms with van der Waals surface area (Å²) in [5, 5.41) is 0. The van der Waals surface area contributed by atoms with Crippen molar-refractivity contribution in [2.45, 2.75) is 26.9 Å². The van der Waals surface area contributed by atoms with Crippen LogP contribution in [0, 0.1) is 13.8 Å². The third kappa shape index (κ3) is 3.77. The van der Waals surface area contributed by atoms with Gasteiger partial charge in [-0.05, 0) is 38.5 Å². The number of rotatable bonds is 5. The van der Waals surface area contributed by atoms with Crippen LogP contribution in [0.25, 0.3) is 0 Å². The van der Waals surface area contributed by atoms with Crippen LogP contribution >= 0.6 is 0 Å². The number of ether oxygens (including phenoxy) is 3. The van der Waals surface area contributed by atoms with Crippen LogP contribution in [0.5, 0.6) is 11.5 Å². The molecule has 1 aliphatic heterocycles. The smallest absolute Gasteiger partial charge is 0.340 e. The number of para-hydroxylation sites is 2. The maximum Gasteiger partial charge on any atom is 0.340 e. The quantitative estimate of drug-likeness (QED) is 0.816. The molecule has 1 amide bonds. The van der Waals surface area contributed by atoms with Gasteiger partial charge in [0, 0.05) is 12.7 Å². The molecule has 0 bridgehead atoms. The molecular weight excluding hydrogens is 348 g/mol. The van der Waals surface area contributed by atoms with E-state index in [9.17, 15) is 9.59 Å². The molecule has 1 atom stereocenters. The van der Waals surface area contributed by atoms with Crippen LogP contribution in [0.3, 0.4) is 0 Å². The molecule has 27 heavy (non-hydrogen) atoms. The number of likely N-dealkylation sites (N-methyl/N-ethyl adjacent to an activating group) is 1. The number of hydrogen-bond donors (Lipinski definition) is 1. The Hall–Kier alpha value is -2.96. The number of fused-ring (bicyclic) bond motifs is 1. The van der Waals surface area contributed by atoms with Crippen molar-refractivity contribution in [3.8, 4) is 11.5 Å². The first-order valence-corrected chi connectivity index (χ1v) is 8.92. The Balaban J connectivity index is 1.71. The van der Waals surface area contributed by atoms with E-state index in [0.29, 0.717) is 47.2 Å². The summed E-state index contributed by atoms with van der Waals surface area (Å²) in [6.45, 7) is 6.26. The zero-order chi connectivity index (χ0) is 19.6. The van der Waals surface area contributed by atoms with Crippen LogP contribution in [-0.4, -0.2) is 54.7 Å². The number of carbonyl (C=O) groups excluding carboxylic acids is 2. The van der Waals surface area contributed by atoms with Crippen molar-refractivity contribution in [3.05, 3.63) is 46.8 Å². The number of hydrogen-bond acceptors (Lipinski definition) is 5. The first-order chi connectivity index (χ1) is 12.9. The molecule has 0 saturated carbocycles. The fraction of sp³-hybridized carbons (Fsp3) is 0.400. The van der Waals surface area contributed by atoms with E-state index in [2.05, 4.69) is 4.98 Å². The lowest BCUT2D eigenvalue weighted by atomic mass is 10.1. The minimum Gasteiger partial charge on any atom is -0.486 e. The maximum absolute atomic E-state index is 12.9. The third-order valence-corrected chi connectivity index (χ3v) is 4.52. The second kappa shape index (κ2) is 7.73. The summed E-state index contributed by atoms with van der Waals surface area (Å²) in [7, 11) is 1.70. The topological polar surface area (TPSA) is 80.9 Å². The minimum atomic E-state index is -0.425. The second-order valence-electron chi connectivity index (χ2n) is 6.53. The fourth-order valence-corrected chi connectivity index (χ4v) is 3.21. The van der Waals surface area contributed by atoms with Gasteiger partial charge in [0.05, 0.1) is 18.7 Å². The number of nitrogens with one attached hydrogen (secondary N) is 1. The van der Waals surface area contributed by atoms with E-state index in [4.69, 9.17) is 14.2 Å². The average molecular weight is 372 g/mol. The summed E-state index contributed by atoms with van der Waals surface area (Å²) in [6.07, 6.45) is -0.269. The van der Waals surface area contributed by atoms with Crippen LogP contribution in [0.4, 0.5) is 0 Å². The second-order valence-corrected chi connectivity index (χ2v) is 6.53. The van der Waals surface area contributed by atoms with E-state index in [0.717, 1.165) is 0 Å². The van der Waals surface area contributed by atoms with Crippen LogP contribution in [0.1, 0.15) is 39.0 Å². The number of nitrogens with zero attached hydrogens (tertiary/aromatic N) is 1. The Labute approximate surface area is 158 Å². The number of benzene rings is 1. The van der Waals surface area contributed by atoms with E-state index in [-0.39, 0.29) is 18.6 Å². The largest absolute Gasteiger partial charge is 0.486 e. The summed E-state index contributed by atoms with van der Waals surface area (Å²) >= 11 is 0. The lowest BCUT2D eigenvalue weighted by molar-refractivity contribution is 0.0517. The van der Waals surface area contributed by atoms with Gasteiger partial charge in [0.2, 0.25) is 0 Å². The summed E-state index contributed by atoms with van der Waals surface area (Å²) in [5.74, 6) is 0.739. The Morgan fingerprint density at radius 1 is 1.26 bits per heavy atom. The molecule has 0 fully saturated rings. The molecule has 1 aliphatic rings. The SMILES string of the molecule is CCOC(=O)c1c(C)[nH]c(C(=O)N(C)C[C@@H]2COc3ccccc3O2)c1C. The van der Waals surface area contributed by atoms with Crippen LogP contribution in [0.2, 0.25) is 0 Å². The van der Waals surface area contributed by atoms with Crippen LogP contribution < -0.4 is 9.47 Å². The van der Waals surface area contributed by atoms with Crippen LogP contribution in [-0.2, 0) is 4.74 Å². The molecule has 1 N–H and O–H groups in total. The molecule has 0 radical (unpaired) electrons. The highest BCUT2D eigenvalue weighted by Gasteiger charge is 2.28. The molecule has 2 aromatic rings. The van der Waals surface area contributed by atoms with Gasteiger partial charge in [0.1, 0.15) is 12.3 Å². The number of carbonyl (C=O) groups is 2. The van der Waals surface area contributed by atoms with Crippen molar-refractivity contribution in [3.63, 3.8) is 0 Å². The predicted molar refractivity (Wildman–Crippen MR) is 99.5 cm³/mol. The van der Waals surface area contributed by atoms with Gasteiger partial charge in [0.15, 0.2) is 17.6 Å². The average Bonchev–Trinajstić information content (AvgIpc) is 2.95. The number of aromatic nitrogens is 1. The molecule has 1 aromatic carbocycles. The van der Waals surface area contributed by atoms with Crippen molar-refractivity contribution in [2.75, 3.05) is 26.8 Å². The monoisotopic (exact) mass is 372 g/mol. The molecule has 1 aromatic heterocycles. The molecule has 0 saturated heterocycles. The van der Waals surface area contributed by atoms with Gasteiger partial charge < -0.3 is 24.1 Å². The molecule has 0 spiro atoms. The van der Waals surface area contributed by atoms with Gasteiger partial charge in [-0.15, -0.1) is 0 Å². The molecule has 7 heteroatoms. The molecular formula is C20H24N2O5. The summed E-state index contributed by atoms with van der Waals surface area (Å²) in [4.78, 5) is 29.6. The molecule has 0 aliphatic carbocycles. The van der Waals surface area contributed by atoms with Crippen LogP contribution in [0.15, 0.2) is 24.3 Å². The van der Waals surface area contributed by atoms with Gasteiger partial charge in [0.25, 0.3) is 5.91 Å². The van der Waals surface area contributed by atoms with E-state index in [1.807, 2.05) is 24.3 Å². The highest BCUT2D eigenvalue weighted by atomic mass is 16.6. The number of H-pyrrole nitrogens is 1. The Bertz CT molecular complexity index is 858. The minimum absolute atomic E-state index is 0.214. The van der Waals surface area contributed by atoms with Gasteiger partial charge in [-0.3, -0.25) is 4.79 Å². The highest BCUT2D eigenvalue weighted by Crippen LogP contribution is 2.31. The third-order valence-electron chi connectivity index (χ3n) is 4.52. The predicted octanol–water partition coefficient (Wildman–Crippen LogP) is 2.72. The van der Waals surface area contributed by atoms with Crippen molar-refractivity contribution in [1.29, 1.82) is 0 Å². The standard InChI is InChI=1S/C20H24N2O5/c1-5-25-20(24)17-12(2)18(21-13(17)3)19(23)22(4)10-14-11-26-15-8-6-7-9-16(15)27-14/h6-9,14,21H,5,10-11H2,1-4H3/t14-/m1/s1. The normalized spacial score (nSPS) is 15.3. The van der Waals surface area contributed by atoms with E-state index in [1.165, 1.54) is 0 Å². The van der Waals surface area contributed by atoms with Gasteiger partial charge in [-0.1, -0.05) is 12.1 Å². The summed E-state index contributed by atoms with van der Waals surface area (Å²) in [5.41, 5.74) is 2.01. The molecule has 7 nitrogen and oxygen atoms in total. The Morgan fingerprint density at radius 2 is 1.96 bits per heavy atom. The number of esters is 1. The summed E-state index contributed by atoms with van der Waals surface area (Å²) < 4.78 is 16.7. The number of amides is 1. The molecule has 0 unspecified atom stereocenters. The van der Waals surface area contributed by atoms with Crippen molar-refractivity contribution < 1.29 is 23.8 Å². The zero-order valence-electron chi connectivity index (χ0n) is 16.0. The van der Waals surface area contributed by atoms with E-state index in [1.54, 1.807) is 32.7 Å². The molecule has 2 heterocycles. The van der Waals surface area contributed by atoms with Crippen molar-refractivity contribution in [1.82, 2.24) is 9.88 Å². The zero-order valence-corrected chi connectivity index (χ0v) is 16.0. The van der Waals surface area contributed by atoms with Gasteiger partial charge >= 0.3 is 5.97 Å². The van der Waals surface area contributed by atoms with Crippen molar-refractivity contribution in [2.24, 2.45) is 0 Å². The van der Waals surface area contributed by atoms with E-state index >= 15 is 0 Å². The first-order valence-electron chi connectivity index (χ1n) is 8.92. The fourth-order valence-electron chi connectivity index (χ4n) is 3.21. The van der Waals surface area contributed by atoms with E-state index < -0.39 is 5.97 Å². The Kier molecular flexibility index (Phi) is 5.39.